The van der Waals surface area contributed by atoms with Gasteiger partial charge in [0.15, 0.2) is 11.9 Å². The van der Waals surface area contributed by atoms with Crippen LogP contribution in [-0.2, 0) is 29.1 Å². The molecule has 4 amide bonds. The molecule has 0 saturated heterocycles. The van der Waals surface area contributed by atoms with Crippen molar-refractivity contribution in [1.82, 2.24) is 24.6 Å². The number of aromatic nitrogens is 2. The highest BCUT2D eigenvalue weighted by atomic mass is 19.3. The number of hydrogen-bond donors (Lipinski definition) is 1. The number of alkyl halides is 2. The maximum Gasteiger partial charge on any atom is 0.322 e. The van der Waals surface area contributed by atoms with Crippen LogP contribution in [-0.4, -0.2) is 81.7 Å². The summed E-state index contributed by atoms with van der Waals surface area (Å²) in [5, 5.41) is 16.6. The molecule has 1 N–H and O–H groups in total. The van der Waals surface area contributed by atoms with Crippen molar-refractivity contribution >= 4 is 23.5 Å². The second kappa shape index (κ2) is 10.3. The van der Waals surface area contributed by atoms with E-state index in [1.54, 1.807) is 6.92 Å². The first-order chi connectivity index (χ1) is 17.9. The molecule has 4 rings (SSSR count). The first-order valence-electron chi connectivity index (χ1n) is 11.4. The molecule has 0 saturated carbocycles. The van der Waals surface area contributed by atoms with Gasteiger partial charge >= 0.3 is 6.03 Å². The summed E-state index contributed by atoms with van der Waals surface area (Å²) in [6.07, 6.45) is -3.85. The highest BCUT2D eigenvalue weighted by Gasteiger charge is 2.40. The Bertz CT molecular complexity index is 1340. The average Bonchev–Trinajstić information content (AvgIpc) is 3.13. The molecule has 2 aromatic rings. The molecule has 2 atom stereocenters. The third kappa shape index (κ3) is 4.86. The van der Waals surface area contributed by atoms with Crippen molar-refractivity contribution in [3.8, 4) is 6.07 Å². The molecule has 0 unspecified atom stereocenters. The highest BCUT2D eigenvalue weighted by molar-refractivity contribution is 5.95. The molecule has 0 bridgehead atoms. The number of carbonyl (C=O) groups is 3. The molecule has 0 aliphatic carbocycles. The minimum absolute atomic E-state index is 0.0544. The summed E-state index contributed by atoms with van der Waals surface area (Å²) >= 11 is 0. The van der Waals surface area contributed by atoms with Crippen LogP contribution in [0.1, 0.15) is 34.2 Å². The smallest absolute Gasteiger partial charge is 0.322 e. The lowest BCUT2D eigenvalue weighted by molar-refractivity contribution is -0.177. The van der Waals surface area contributed by atoms with Gasteiger partial charge in [-0.3, -0.25) is 19.1 Å². The van der Waals surface area contributed by atoms with Gasteiger partial charge in [-0.15, -0.1) is 0 Å². The van der Waals surface area contributed by atoms with Crippen LogP contribution in [0.5, 0.6) is 0 Å². The normalized spacial score (nSPS) is 19.0. The third-order valence-electron chi connectivity index (χ3n) is 6.36. The molecule has 3 heterocycles. The van der Waals surface area contributed by atoms with Crippen LogP contribution in [0.15, 0.2) is 12.1 Å². The number of nitrogens with zero attached hydrogens (tertiary/aromatic N) is 6. The summed E-state index contributed by atoms with van der Waals surface area (Å²) in [5.41, 5.74) is -0.301. The van der Waals surface area contributed by atoms with Gasteiger partial charge in [-0.1, -0.05) is 0 Å². The van der Waals surface area contributed by atoms with Crippen LogP contribution >= 0.6 is 0 Å². The molecule has 0 spiro atoms. The molecule has 1 aromatic heterocycles. The number of carbonyl (C=O) groups excluding carboxylic acids is 3. The first-order valence-corrected chi connectivity index (χ1v) is 11.4. The molecule has 2 aliphatic heterocycles. The van der Waals surface area contributed by atoms with Crippen LogP contribution in [0.2, 0.25) is 0 Å². The molecule has 0 fully saturated rings. The van der Waals surface area contributed by atoms with E-state index in [2.05, 4.69) is 10.4 Å². The van der Waals surface area contributed by atoms with Gasteiger partial charge in [0.25, 0.3) is 18.2 Å². The summed E-state index contributed by atoms with van der Waals surface area (Å²) in [6, 6.07) is 2.04. The number of benzene rings is 1. The number of nitriles is 1. The first kappa shape index (κ1) is 26.9. The fraction of sp³-hybridized carbons (Fsp3) is 0.435. The van der Waals surface area contributed by atoms with E-state index in [1.165, 1.54) is 29.7 Å². The molecule has 38 heavy (non-hydrogen) atoms. The van der Waals surface area contributed by atoms with Crippen LogP contribution in [0.25, 0.3) is 0 Å². The van der Waals surface area contributed by atoms with Gasteiger partial charge in [0.05, 0.1) is 31.0 Å². The van der Waals surface area contributed by atoms with E-state index in [9.17, 15) is 31.9 Å². The van der Waals surface area contributed by atoms with Crippen molar-refractivity contribution in [2.75, 3.05) is 26.0 Å². The van der Waals surface area contributed by atoms with Gasteiger partial charge in [0.2, 0.25) is 0 Å². The molecule has 11 nitrogen and oxygen atoms in total. The predicted molar refractivity (Wildman–Crippen MR) is 122 cm³/mol. The fourth-order valence-corrected chi connectivity index (χ4v) is 4.42. The van der Waals surface area contributed by atoms with Gasteiger partial charge in [-0.2, -0.15) is 10.4 Å². The van der Waals surface area contributed by atoms with Gasteiger partial charge in [0.1, 0.15) is 23.1 Å². The summed E-state index contributed by atoms with van der Waals surface area (Å²) in [6.45, 7) is 0.542. The Kier molecular flexibility index (Phi) is 7.27. The second-order valence-corrected chi connectivity index (χ2v) is 8.97. The lowest BCUT2D eigenvalue weighted by Crippen LogP contribution is -2.45. The molecule has 2 aliphatic rings. The SMILES string of the molecule is C[C@@H]1Cc2nn3c(c2CN1C(=O)Nc1ccc(F)c(C#N)c1F)C(=O)N(C)O[C@H](C(=O)N(C)CC(F)F)C3. The number of hydrogen-bond acceptors (Lipinski definition) is 6. The van der Waals surface area contributed by atoms with Gasteiger partial charge in [0, 0.05) is 32.1 Å². The lowest BCUT2D eigenvalue weighted by atomic mass is 9.99. The van der Waals surface area contributed by atoms with Gasteiger partial charge < -0.3 is 15.1 Å². The number of halogens is 4. The minimum atomic E-state index is -2.75. The maximum atomic E-state index is 14.5. The molecule has 0 radical (unpaired) electrons. The van der Waals surface area contributed by atoms with E-state index in [-0.39, 0.29) is 25.2 Å². The zero-order valence-corrected chi connectivity index (χ0v) is 20.5. The quantitative estimate of drug-likeness (QED) is 0.596. The second-order valence-electron chi connectivity index (χ2n) is 8.97. The van der Waals surface area contributed by atoms with Crippen molar-refractivity contribution < 1.29 is 36.8 Å². The molecular weight excluding hydrogens is 514 g/mol. The van der Waals surface area contributed by atoms with Crippen LogP contribution in [0.4, 0.5) is 28.0 Å². The highest BCUT2D eigenvalue weighted by Crippen LogP contribution is 2.30. The van der Waals surface area contributed by atoms with Crippen LogP contribution in [0, 0.1) is 23.0 Å². The number of nitrogens with one attached hydrogen (secondary N) is 1. The maximum absolute atomic E-state index is 14.5. The largest absolute Gasteiger partial charge is 0.338 e. The summed E-state index contributed by atoms with van der Waals surface area (Å²) in [5.74, 6) is -3.71. The van der Waals surface area contributed by atoms with Crippen LogP contribution < -0.4 is 5.32 Å². The van der Waals surface area contributed by atoms with Crippen molar-refractivity contribution in [2.45, 2.75) is 45.0 Å². The summed E-state index contributed by atoms with van der Waals surface area (Å²) < 4.78 is 55.0. The number of rotatable bonds is 4. The average molecular weight is 537 g/mol. The van der Waals surface area contributed by atoms with E-state index in [1.807, 2.05) is 0 Å². The third-order valence-corrected chi connectivity index (χ3v) is 6.36. The van der Waals surface area contributed by atoms with E-state index in [0.29, 0.717) is 11.3 Å². The Hall–Kier alpha value is -4.19. The predicted octanol–water partition coefficient (Wildman–Crippen LogP) is 2.12. The van der Waals surface area contributed by atoms with Crippen molar-refractivity contribution in [1.29, 1.82) is 5.26 Å². The summed E-state index contributed by atoms with van der Waals surface area (Å²) in [4.78, 5) is 46.5. The van der Waals surface area contributed by atoms with Crippen molar-refractivity contribution in [2.24, 2.45) is 0 Å². The number of urea groups is 1. The monoisotopic (exact) mass is 537 g/mol. The molecule has 202 valence electrons. The number of likely N-dealkylation sites (N-methyl/N-ethyl adjacent to an activating group) is 1. The molecular formula is C23H23F4N7O4. The topological polar surface area (TPSA) is 124 Å². The van der Waals surface area contributed by atoms with E-state index in [4.69, 9.17) is 10.1 Å². The zero-order chi connectivity index (χ0) is 27.9. The minimum Gasteiger partial charge on any atom is -0.338 e. The molecule has 1 aromatic carbocycles. The Labute approximate surface area is 214 Å². The fourth-order valence-electron chi connectivity index (χ4n) is 4.42. The van der Waals surface area contributed by atoms with E-state index >= 15 is 0 Å². The van der Waals surface area contributed by atoms with E-state index < -0.39 is 65.8 Å². The van der Waals surface area contributed by atoms with Crippen LogP contribution in [0.3, 0.4) is 0 Å². The van der Waals surface area contributed by atoms with Crippen molar-refractivity contribution in [3.05, 3.63) is 46.3 Å². The Morgan fingerprint density at radius 1 is 1.34 bits per heavy atom. The lowest BCUT2D eigenvalue weighted by Gasteiger charge is -2.33. The number of hydroxylamine groups is 2. The number of fused-ring (bicyclic) bond motifs is 3. The molecule has 15 heteroatoms. The summed E-state index contributed by atoms with van der Waals surface area (Å²) in [7, 11) is 2.46. The number of amides is 4. The van der Waals surface area contributed by atoms with Gasteiger partial charge in [-0.25, -0.2) is 27.4 Å². The standard InChI is InChI=1S/C23H23F4N7O4/c1-11-6-16-13(8-33(11)23(37)29-15-5-4-14(24)12(7-28)19(15)27)20-22(36)32(3)38-17(9-34(20)30-16)21(35)31(2)10-18(25)26/h4-5,11,17-18H,6,8-10H2,1-3H3,(H,29,37)/t11-,17+/m1/s1. The Balaban J connectivity index is 1.60. The van der Waals surface area contributed by atoms with Gasteiger partial charge in [-0.05, 0) is 19.1 Å². The van der Waals surface area contributed by atoms with Crippen molar-refractivity contribution in [3.63, 3.8) is 0 Å². The Morgan fingerprint density at radius 2 is 2.05 bits per heavy atom. The zero-order valence-electron chi connectivity index (χ0n) is 20.5. The Morgan fingerprint density at radius 3 is 2.71 bits per heavy atom. The van der Waals surface area contributed by atoms with E-state index in [0.717, 1.165) is 22.1 Å². The number of anilines is 1.